The fourth-order valence-corrected chi connectivity index (χ4v) is 2.05. The summed E-state index contributed by atoms with van der Waals surface area (Å²) in [5, 5.41) is 29.4. The summed E-state index contributed by atoms with van der Waals surface area (Å²) in [6, 6.07) is 0. The van der Waals surface area contributed by atoms with Gasteiger partial charge < -0.3 is 24.8 Å². The molecule has 4 atom stereocenters. The van der Waals surface area contributed by atoms with Gasteiger partial charge in [-0.3, -0.25) is 0 Å². The third-order valence-corrected chi connectivity index (χ3v) is 3.50. The van der Waals surface area contributed by atoms with Crippen LogP contribution in [0.4, 0.5) is 13.2 Å². The van der Waals surface area contributed by atoms with Gasteiger partial charge in [-0.05, 0) is 40.0 Å². The number of rotatable bonds is 9. The zero-order valence-corrected chi connectivity index (χ0v) is 14.5. The SMILES string of the molecule is C[C@@H]([C@@H](OC(C)(C)O)[C@H](O)CCOC(C)(C)O)[C@@H](C)C(F)(F)F. The molecule has 5 nitrogen and oxygen atoms in total. The van der Waals surface area contributed by atoms with Crippen LogP contribution in [0, 0.1) is 11.8 Å². The van der Waals surface area contributed by atoms with Crippen LogP contribution >= 0.6 is 0 Å². The average molecular weight is 346 g/mol. The summed E-state index contributed by atoms with van der Waals surface area (Å²) in [5.74, 6) is -5.90. The summed E-state index contributed by atoms with van der Waals surface area (Å²) in [7, 11) is 0. The van der Waals surface area contributed by atoms with Crippen LogP contribution in [0.1, 0.15) is 48.0 Å². The Morgan fingerprint density at radius 1 is 0.957 bits per heavy atom. The van der Waals surface area contributed by atoms with Crippen molar-refractivity contribution < 1.29 is 38.0 Å². The Morgan fingerprint density at radius 3 is 1.78 bits per heavy atom. The maximum atomic E-state index is 12.9. The molecule has 8 heteroatoms. The van der Waals surface area contributed by atoms with Gasteiger partial charge in [-0.2, -0.15) is 13.2 Å². The summed E-state index contributed by atoms with van der Waals surface area (Å²) in [6.07, 6.45) is -7.01. The number of ether oxygens (including phenoxy) is 2. The van der Waals surface area contributed by atoms with Crippen molar-refractivity contribution in [3.8, 4) is 0 Å². The lowest BCUT2D eigenvalue weighted by molar-refractivity contribution is -0.261. The first-order chi connectivity index (χ1) is 10.0. The average Bonchev–Trinajstić information content (AvgIpc) is 2.30. The molecule has 23 heavy (non-hydrogen) atoms. The third kappa shape index (κ3) is 9.46. The highest BCUT2D eigenvalue weighted by molar-refractivity contribution is 4.83. The summed E-state index contributed by atoms with van der Waals surface area (Å²) in [4.78, 5) is 0. The van der Waals surface area contributed by atoms with Crippen LogP contribution in [0.3, 0.4) is 0 Å². The topological polar surface area (TPSA) is 79.2 Å². The van der Waals surface area contributed by atoms with E-state index in [-0.39, 0.29) is 13.0 Å². The molecule has 0 aliphatic carbocycles. The first-order valence-corrected chi connectivity index (χ1v) is 7.56. The van der Waals surface area contributed by atoms with E-state index in [1.165, 1.54) is 34.6 Å². The van der Waals surface area contributed by atoms with E-state index in [2.05, 4.69) is 0 Å². The van der Waals surface area contributed by atoms with E-state index in [1.807, 2.05) is 0 Å². The largest absolute Gasteiger partial charge is 0.391 e. The second-order valence-corrected chi connectivity index (χ2v) is 6.87. The zero-order valence-electron chi connectivity index (χ0n) is 14.5. The van der Waals surface area contributed by atoms with Crippen molar-refractivity contribution in [3.05, 3.63) is 0 Å². The number of aliphatic hydroxyl groups excluding tert-OH is 1. The van der Waals surface area contributed by atoms with Crippen molar-refractivity contribution in [2.75, 3.05) is 6.61 Å². The Hall–Kier alpha value is -0.410. The van der Waals surface area contributed by atoms with Gasteiger partial charge in [0, 0.05) is 0 Å². The molecule has 0 spiro atoms. The van der Waals surface area contributed by atoms with Crippen molar-refractivity contribution >= 4 is 0 Å². The Morgan fingerprint density at radius 2 is 1.43 bits per heavy atom. The smallest absolute Gasteiger partial charge is 0.390 e. The number of hydrogen-bond donors (Lipinski definition) is 3. The minimum absolute atomic E-state index is 0.0420. The molecular weight excluding hydrogens is 317 g/mol. The molecule has 0 fully saturated rings. The molecule has 0 unspecified atom stereocenters. The molecule has 140 valence electrons. The molecule has 0 amide bonds. The van der Waals surface area contributed by atoms with E-state index in [0.29, 0.717) is 0 Å². The van der Waals surface area contributed by atoms with Crippen molar-refractivity contribution in [3.63, 3.8) is 0 Å². The Kier molecular flexibility index (Phi) is 7.97. The Labute approximate surface area is 135 Å². The second kappa shape index (κ2) is 8.11. The molecule has 0 aliphatic rings. The molecule has 0 bridgehead atoms. The lowest BCUT2D eigenvalue weighted by Gasteiger charge is -2.37. The van der Waals surface area contributed by atoms with Gasteiger partial charge in [0.2, 0.25) is 0 Å². The Balaban J connectivity index is 4.99. The van der Waals surface area contributed by atoms with E-state index in [1.54, 1.807) is 0 Å². The normalized spacial score (nSPS) is 19.3. The highest BCUT2D eigenvalue weighted by Crippen LogP contribution is 2.36. The zero-order chi connectivity index (χ0) is 18.6. The minimum atomic E-state index is -4.44. The van der Waals surface area contributed by atoms with E-state index < -0.39 is 41.8 Å². The lowest BCUT2D eigenvalue weighted by atomic mass is 9.86. The quantitative estimate of drug-likeness (QED) is 0.559. The van der Waals surface area contributed by atoms with Crippen LogP contribution in [0.25, 0.3) is 0 Å². The lowest BCUT2D eigenvalue weighted by Crippen LogP contribution is -2.46. The van der Waals surface area contributed by atoms with E-state index in [0.717, 1.165) is 6.92 Å². The van der Waals surface area contributed by atoms with Gasteiger partial charge in [0.1, 0.15) is 0 Å². The number of alkyl halides is 3. The van der Waals surface area contributed by atoms with Gasteiger partial charge >= 0.3 is 6.18 Å². The highest BCUT2D eigenvalue weighted by atomic mass is 19.4. The predicted octanol–water partition coefficient (Wildman–Crippen LogP) is 2.43. The van der Waals surface area contributed by atoms with Gasteiger partial charge in [-0.15, -0.1) is 0 Å². The Bertz CT molecular complexity index is 346. The molecule has 0 aromatic carbocycles. The van der Waals surface area contributed by atoms with Gasteiger partial charge in [-0.25, -0.2) is 0 Å². The van der Waals surface area contributed by atoms with Gasteiger partial charge in [0.25, 0.3) is 0 Å². The molecule has 0 radical (unpaired) electrons. The van der Waals surface area contributed by atoms with Gasteiger partial charge in [0.15, 0.2) is 11.6 Å². The molecule has 0 rings (SSSR count). The summed E-state index contributed by atoms with van der Waals surface area (Å²) < 4.78 is 49.0. The molecule has 0 saturated carbocycles. The van der Waals surface area contributed by atoms with Gasteiger partial charge in [0.05, 0.1) is 24.7 Å². The van der Waals surface area contributed by atoms with Crippen LogP contribution in [0.2, 0.25) is 0 Å². The van der Waals surface area contributed by atoms with Crippen LogP contribution in [0.5, 0.6) is 0 Å². The molecule has 0 aliphatic heterocycles. The van der Waals surface area contributed by atoms with Gasteiger partial charge in [-0.1, -0.05) is 13.8 Å². The fourth-order valence-electron chi connectivity index (χ4n) is 2.05. The molecule has 0 heterocycles. The van der Waals surface area contributed by atoms with Crippen molar-refractivity contribution in [1.29, 1.82) is 0 Å². The van der Waals surface area contributed by atoms with E-state index in [9.17, 15) is 28.5 Å². The molecule has 0 aromatic heterocycles. The summed E-state index contributed by atoms with van der Waals surface area (Å²) in [5.41, 5.74) is 0. The third-order valence-electron chi connectivity index (χ3n) is 3.50. The van der Waals surface area contributed by atoms with Crippen molar-refractivity contribution in [2.24, 2.45) is 11.8 Å². The molecular formula is C15H29F3O5. The summed E-state index contributed by atoms with van der Waals surface area (Å²) in [6.45, 7) is 7.62. The number of halogens is 3. The number of hydrogen-bond acceptors (Lipinski definition) is 5. The van der Waals surface area contributed by atoms with Crippen LogP contribution < -0.4 is 0 Å². The molecule has 0 aromatic rings. The fraction of sp³-hybridized carbons (Fsp3) is 1.00. The summed E-state index contributed by atoms with van der Waals surface area (Å²) >= 11 is 0. The maximum absolute atomic E-state index is 12.9. The van der Waals surface area contributed by atoms with Crippen molar-refractivity contribution in [2.45, 2.75) is 77.9 Å². The van der Waals surface area contributed by atoms with E-state index >= 15 is 0 Å². The maximum Gasteiger partial charge on any atom is 0.391 e. The second-order valence-electron chi connectivity index (χ2n) is 6.87. The first kappa shape index (κ1) is 22.6. The van der Waals surface area contributed by atoms with Crippen LogP contribution in [-0.4, -0.2) is 51.9 Å². The van der Waals surface area contributed by atoms with E-state index in [4.69, 9.17) is 9.47 Å². The molecule has 0 saturated heterocycles. The van der Waals surface area contributed by atoms with Crippen LogP contribution in [0.15, 0.2) is 0 Å². The molecule has 3 N–H and O–H groups in total. The van der Waals surface area contributed by atoms with Crippen LogP contribution in [-0.2, 0) is 9.47 Å². The van der Waals surface area contributed by atoms with Crippen molar-refractivity contribution in [1.82, 2.24) is 0 Å². The minimum Gasteiger partial charge on any atom is -0.390 e. The first-order valence-electron chi connectivity index (χ1n) is 7.56. The standard InChI is InChI=1S/C15H29F3O5/c1-9(10(2)15(16,17)18)12(23-14(5,6)21)11(19)7-8-22-13(3,4)20/h9-12,19-21H,7-8H2,1-6H3/t9-,10-,11-,12-/m1/s1. The number of aliphatic hydroxyl groups is 3. The predicted molar refractivity (Wildman–Crippen MR) is 78.4 cm³/mol. The monoisotopic (exact) mass is 346 g/mol. The highest BCUT2D eigenvalue weighted by Gasteiger charge is 2.45.